The number of nitrogens with zero attached hydrogens (tertiary/aromatic N) is 1. The van der Waals surface area contributed by atoms with E-state index in [0.717, 1.165) is 11.6 Å². The summed E-state index contributed by atoms with van der Waals surface area (Å²) in [6.45, 7) is 2.53. The molecule has 0 radical (unpaired) electrons. The number of hydrogen-bond donors (Lipinski definition) is 1. The van der Waals surface area contributed by atoms with Gasteiger partial charge in [0.25, 0.3) is 0 Å². The topological polar surface area (TPSA) is 32.7 Å². The number of rotatable bonds is 3. The van der Waals surface area contributed by atoms with Crippen LogP contribution in [0, 0.1) is 0 Å². The predicted molar refractivity (Wildman–Crippen MR) is 33.0 cm³/mol. The minimum atomic E-state index is 0. The van der Waals surface area contributed by atoms with E-state index < -0.39 is 0 Å². The maximum Gasteiger partial charge on any atom is 0.0601 e. The van der Waals surface area contributed by atoms with Crippen LogP contribution in [0.5, 0.6) is 0 Å². The molecule has 8 heavy (non-hydrogen) atoms. The third kappa shape index (κ3) is 6.17. The van der Waals surface area contributed by atoms with Gasteiger partial charge in [0.05, 0.1) is 13.7 Å². The van der Waals surface area contributed by atoms with Crippen molar-refractivity contribution >= 4 is 12.4 Å². The second-order valence-corrected chi connectivity index (χ2v) is 1.26. The summed E-state index contributed by atoms with van der Waals surface area (Å²) >= 11 is 0. The van der Waals surface area contributed by atoms with Crippen molar-refractivity contribution in [3.63, 3.8) is 0 Å². The summed E-state index contributed by atoms with van der Waals surface area (Å²) in [4.78, 5) is 4.38. The maximum absolute atomic E-state index is 8.47. The Morgan fingerprint density at radius 3 is 2.25 bits per heavy atom. The molecular weight excluding hydrogens is 130 g/mol. The lowest BCUT2D eigenvalue weighted by Gasteiger charge is -2.07. The van der Waals surface area contributed by atoms with Crippen LogP contribution in [0.25, 0.3) is 0 Å². The van der Waals surface area contributed by atoms with Crippen molar-refractivity contribution in [3.8, 4) is 0 Å². The van der Waals surface area contributed by atoms with Crippen LogP contribution in [0.3, 0.4) is 0 Å². The third-order valence-corrected chi connectivity index (χ3v) is 0.626. The summed E-state index contributed by atoms with van der Waals surface area (Å²) in [7, 11) is 1.43. The van der Waals surface area contributed by atoms with Gasteiger partial charge in [-0.25, -0.2) is 0 Å². The van der Waals surface area contributed by atoms with E-state index in [0.29, 0.717) is 6.54 Å². The second kappa shape index (κ2) is 7.17. The summed E-state index contributed by atoms with van der Waals surface area (Å²) in [5.41, 5.74) is 0. The highest BCUT2D eigenvalue weighted by Gasteiger charge is 1.89. The van der Waals surface area contributed by atoms with Crippen molar-refractivity contribution in [2.45, 2.75) is 13.3 Å². The van der Waals surface area contributed by atoms with Gasteiger partial charge in [0.15, 0.2) is 0 Å². The van der Waals surface area contributed by atoms with Gasteiger partial charge in [-0.2, -0.15) is 0 Å². The Balaban J connectivity index is 0. The van der Waals surface area contributed by atoms with Gasteiger partial charge in [-0.15, -0.1) is 12.4 Å². The SMILES string of the molecule is CCCN(O)OC.Cl. The van der Waals surface area contributed by atoms with E-state index in [2.05, 4.69) is 4.84 Å². The highest BCUT2D eigenvalue weighted by atomic mass is 35.5. The standard InChI is InChI=1S/C4H11NO2.ClH/c1-3-4-5(6)7-2;/h6H,3-4H2,1-2H3;1H. The van der Waals surface area contributed by atoms with Gasteiger partial charge < -0.3 is 0 Å². The summed E-state index contributed by atoms with van der Waals surface area (Å²) < 4.78 is 0. The van der Waals surface area contributed by atoms with E-state index in [1.807, 2.05) is 6.92 Å². The normalized spacial score (nSPS) is 9.00. The Labute approximate surface area is 55.6 Å². The van der Waals surface area contributed by atoms with Gasteiger partial charge >= 0.3 is 0 Å². The van der Waals surface area contributed by atoms with Crippen molar-refractivity contribution in [1.82, 2.24) is 5.23 Å². The quantitative estimate of drug-likeness (QED) is 0.597. The molecule has 0 heterocycles. The van der Waals surface area contributed by atoms with Gasteiger partial charge in [-0.1, -0.05) is 12.2 Å². The first kappa shape index (κ1) is 11.0. The van der Waals surface area contributed by atoms with E-state index in [-0.39, 0.29) is 12.4 Å². The summed E-state index contributed by atoms with van der Waals surface area (Å²) in [5.74, 6) is 0. The van der Waals surface area contributed by atoms with Gasteiger partial charge in [0.1, 0.15) is 0 Å². The molecule has 0 aliphatic carbocycles. The molecule has 0 aliphatic rings. The molecule has 0 saturated heterocycles. The van der Waals surface area contributed by atoms with Crippen LogP contribution in [0.15, 0.2) is 0 Å². The van der Waals surface area contributed by atoms with Crippen LogP contribution in [0.4, 0.5) is 0 Å². The molecule has 0 aromatic heterocycles. The molecule has 0 bridgehead atoms. The highest BCUT2D eigenvalue weighted by Crippen LogP contribution is 1.81. The molecule has 0 amide bonds. The fourth-order valence-corrected chi connectivity index (χ4v) is 0.283. The largest absolute Gasteiger partial charge is 0.290 e. The number of hydroxylamine groups is 2. The van der Waals surface area contributed by atoms with Gasteiger partial charge in [0, 0.05) is 0 Å². The molecule has 0 aliphatic heterocycles. The van der Waals surface area contributed by atoms with Crippen LogP contribution in [-0.4, -0.2) is 24.1 Å². The Morgan fingerprint density at radius 2 is 2.12 bits per heavy atom. The first-order valence-corrected chi connectivity index (χ1v) is 2.31. The van der Waals surface area contributed by atoms with Gasteiger partial charge in [0.2, 0.25) is 0 Å². The van der Waals surface area contributed by atoms with Crippen molar-refractivity contribution in [2.24, 2.45) is 0 Å². The van der Waals surface area contributed by atoms with Crippen molar-refractivity contribution in [2.75, 3.05) is 13.7 Å². The lowest BCUT2D eigenvalue weighted by atomic mass is 10.5. The average molecular weight is 142 g/mol. The predicted octanol–water partition coefficient (Wildman–Crippen LogP) is 1.07. The molecule has 4 heteroatoms. The van der Waals surface area contributed by atoms with Crippen molar-refractivity contribution in [1.29, 1.82) is 0 Å². The minimum absolute atomic E-state index is 0. The van der Waals surface area contributed by atoms with Crippen LogP contribution >= 0.6 is 12.4 Å². The molecule has 0 aromatic carbocycles. The van der Waals surface area contributed by atoms with Gasteiger partial charge in [-0.05, 0) is 6.42 Å². The zero-order chi connectivity index (χ0) is 5.70. The van der Waals surface area contributed by atoms with Crippen molar-refractivity contribution < 1.29 is 10.0 Å². The molecule has 0 aromatic rings. The molecule has 0 saturated carbocycles. The molecule has 0 fully saturated rings. The fourth-order valence-electron chi connectivity index (χ4n) is 0.283. The average Bonchev–Trinajstić information content (AvgIpc) is 1.68. The molecule has 0 atom stereocenters. The zero-order valence-corrected chi connectivity index (χ0v) is 5.94. The summed E-state index contributed by atoms with van der Waals surface area (Å²) in [6, 6.07) is 0. The van der Waals surface area contributed by atoms with Crippen LogP contribution < -0.4 is 0 Å². The molecule has 0 unspecified atom stereocenters. The van der Waals surface area contributed by atoms with E-state index >= 15 is 0 Å². The number of halogens is 1. The monoisotopic (exact) mass is 141 g/mol. The molecule has 3 nitrogen and oxygen atoms in total. The Morgan fingerprint density at radius 1 is 1.62 bits per heavy atom. The molecule has 0 rings (SSSR count). The zero-order valence-electron chi connectivity index (χ0n) is 5.13. The highest BCUT2D eigenvalue weighted by molar-refractivity contribution is 5.85. The van der Waals surface area contributed by atoms with Gasteiger partial charge in [-0.3, -0.25) is 10.0 Å². The third-order valence-electron chi connectivity index (χ3n) is 0.626. The lowest BCUT2D eigenvalue weighted by molar-refractivity contribution is -0.325. The molecule has 0 spiro atoms. The van der Waals surface area contributed by atoms with Crippen molar-refractivity contribution in [3.05, 3.63) is 0 Å². The second-order valence-electron chi connectivity index (χ2n) is 1.26. The lowest BCUT2D eigenvalue weighted by Crippen LogP contribution is -2.17. The van der Waals surface area contributed by atoms with Crippen LogP contribution in [0.1, 0.15) is 13.3 Å². The fraction of sp³-hybridized carbons (Fsp3) is 1.00. The summed E-state index contributed by atoms with van der Waals surface area (Å²) in [6.07, 6.45) is 0.893. The molecule has 1 N–H and O–H groups in total. The number of hydrogen-bond acceptors (Lipinski definition) is 3. The van der Waals surface area contributed by atoms with E-state index in [9.17, 15) is 0 Å². The van der Waals surface area contributed by atoms with E-state index in [4.69, 9.17) is 5.21 Å². The van der Waals surface area contributed by atoms with E-state index in [1.165, 1.54) is 7.11 Å². The molecular formula is C4H12ClNO2. The Bertz CT molecular complexity index is 45.0. The smallest absolute Gasteiger partial charge is 0.0601 e. The first-order valence-electron chi connectivity index (χ1n) is 2.31. The molecule has 52 valence electrons. The maximum atomic E-state index is 8.47. The van der Waals surface area contributed by atoms with Crippen LogP contribution in [0.2, 0.25) is 0 Å². The first-order chi connectivity index (χ1) is 3.31. The van der Waals surface area contributed by atoms with E-state index in [1.54, 1.807) is 0 Å². The minimum Gasteiger partial charge on any atom is -0.290 e. The Kier molecular flexibility index (Phi) is 9.89. The Hall–Kier alpha value is 0.170. The van der Waals surface area contributed by atoms with Crippen LogP contribution in [-0.2, 0) is 4.84 Å². The summed E-state index contributed by atoms with van der Waals surface area (Å²) in [5, 5.41) is 9.27.